The van der Waals surface area contributed by atoms with E-state index in [1.165, 1.54) is 28.0 Å². The van der Waals surface area contributed by atoms with Crippen molar-refractivity contribution >= 4 is 39.9 Å². The lowest BCUT2D eigenvalue weighted by Crippen LogP contribution is -2.24. The zero-order chi connectivity index (χ0) is 22.5. The highest BCUT2D eigenvalue weighted by molar-refractivity contribution is 7.99. The topological polar surface area (TPSA) is 113 Å². The number of rotatable bonds is 7. The number of anilines is 1. The second-order valence-electron chi connectivity index (χ2n) is 7.37. The van der Waals surface area contributed by atoms with Gasteiger partial charge in [-0.1, -0.05) is 30.0 Å². The maximum Gasteiger partial charge on any atom is 0.251 e. The third-order valence-corrected chi connectivity index (χ3v) is 7.46. The Kier molecular flexibility index (Phi) is 6.87. The Morgan fingerprint density at radius 1 is 1.22 bits per heavy atom. The lowest BCUT2D eigenvalue weighted by molar-refractivity contribution is -0.113. The molecule has 0 bridgehead atoms. The minimum atomic E-state index is -0.188. The van der Waals surface area contributed by atoms with Crippen molar-refractivity contribution in [3.05, 3.63) is 57.7 Å². The van der Waals surface area contributed by atoms with E-state index < -0.39 is 0 Å². The molecule has 4 rings (SSSR count). The van der Waals surface area contributed by atoms with Crippen molar-refractivity contribution < 1.29 is 9.59 Å². The molecule has 0 spiro atoms. The van der Waals surface area contributed by atoms with Gasteiger partial charge in [0.15, 0.2) is 11.0 Å². The number of fused-ring (bicyclic) bond motifs is 1. The first-order chi connectivity index (χ1) is 15.6. The molecule has 8 nitrogen and oxygen atoms in total. The van der Waals surface area contributed by atoms with Gasteiger partial charge in [-0.05, 0) is 43.4 Å². The van der Waals surface area contributed by atoms with Crippen molar-refractivity contribution in [2.75, 3.05) is 11.1 Å². The summed E-state index contributed by atoms with van der Waals surface area (Å²) in [5, 5.41) is 24.7. The van der Waals surface area contributed by atoms with Crippen molar-refractivity contribution in [2.24, 2.45) is 7.05 Å². The first-order valence-electron chi connectivity index (χ1n) is 10.3. The minimum Gasteiger partial charge on any atom is -0.345 e. The molecule has 0 atom stereocenters. The molecule has 2 heterocycles. The number of nitrogens with one attached hydrogen (secondary N) is 2. The molecule has 0 unspecified atom stereocenters. The van der Waals surface area contributed by atoms with Gasteiger partial charge in [0.05, 0.1) is 17.9 Å². The SMILES string of the molecule is Cn1c(CNC(=O)c2ccccc2)nnc1SCC(=O)Nc1sc2c(c1C#N)CCCC2. The van der Waals surface area contributed by atoms with Crippen LogP contribution in [0.5, 0.6) is 0 Å². The summed E-state index contributed by atoms with van der Waals surface area (Å²) in [6, 6.07) is 11.2. The van der Waals surface area contributed by atoms with Gasteiger partial charge in [0, 0.05) is 17.5 Å². The Hall–Kier alpha value is -3.16. The average Bonchev–Trinajstić information content (AvgIpc) is 3.35. The summed E-state index contributed by atoms with van der Waals surface area (Å²) >= 11 is 2.77. The third kappa shape index (κ3) is 4.84. The number of carbonyl (C=O) groups is 2. The van der Waals surface area contributed by atoms with Crippen molar-refractivity contribution in [3.8, 4) is 6.07 Å². The van der Waals surface area contributed by atoms with Gasteiger partial charge in [-0.25, -0.2) is 0 Å². The number of hydrogen-bond acceptors (Lipinski definition) is 7. The average molecular weight is 467 g/mol. The highest BCUT2D eigenvalue weighted by Crippen LogP contribution is 2.37. The summed E-state index contributed by atoms with van der Waals surface area (Å²) in [4.78, 5) is 25.9. The van der Waals surface area contributed by atoms with Crippen molar-refractivity contribution in [1.29, 1.82) is 5.26 Å². The van der Waals surface area contributed by atoms with Crippen LogP contribution in [-0.4, -0.2) is 32.3 Å². The molecule has 0 fully saturated rings. The summed E-state index contributed by atoms with van der Waals surface area (Å²) in [7, 11) is 1.80. The lowest BCUT2D eigenvalue weighted by atomic mass is 9.96. The smallest absolute Gasteiger partial charge is 0.251 e. The summed E-state index contributed by atoms with van der Waals surface area (Å²) in [5.74, 6) is 0.367. The van der Waals surface area contributed by atoms with Crippen LogP contribution < -0.4 is 10.6 Å². The number of amides is 2. The maximum absolute atomic E-state index is 12.5. The number of thioether (sulfide) groups is 1. The predicted molar refractivity (Wildman–Crippen MR) is 124 cm³/mol. The lowest BCUT2D eigenvalue weighted by Gasteiger charge is -2.09. The van der Waals surface area contributed by atoms with Crippen LogP contribution in [0.3, 0.4) is 0 Å². The van der Waals surface area contributed by atoms with Gasteiger partial charge in [0.25, 0.3) is 5.91 Å². The van der Waals surface area contributed by atoms with E-state index >= 15 is 0 Å². The van der Waals surface area contributed by atoms with Gasteiger partial charge >= 0.3 is 0 Å². The number of aryl methyl sites for hydroxylation is 1. The van der Waals surface area contributed by atoms with E-state index in [1.54, 1.807) is 23.7 Å². The number of thiophene rings is 1. The Morgan fingerprint density at radius 3 is 2.78 bits per heavy atom. The molecule has 0 aliphatic heterocycles. The first-order valence-corrected chi connectivity index (χ1v) is 12.1. The predicted octanol–water partition coefficient (Wildman–Crippen LogP) is 3.29. The molecular formula is C22H22N6O2S2. The normalized spacial score (nSPS) is 12.6. The fourth-order valence-electron chi connectivity index (χ4n) is 3.54. The van der Waals surface area contributed by atoms with Crippen LogP contribution in [0.15, 0.2) is 35.5 Å². The molecule has 3 aromatic rings. The van der Waals surface area contributed by atoms with E-state index in [4.69, 9.17) is 0 Å². The van der Waals surface area contributed by atoms with Crippen LogP contribution in [0.2, 0.25) is 0 Å². The van der Waals surface area contributed by atoms with E-state index in [9.17, 15) is 14.9 Å². The van der Waals surface area contributed by atoms with E-state index in [2.05, 4.69) is 26.9 Å². The van der Waals surface area contributed by atoms with Gasteiger partial charge in [0.2, 0.25) is 5.91 Å². The maximum atomic E-state index is 12.5. The van der Waals surface area contributed by atoms with Gasteiger partial charge in [-0.3, -0.25) is 9.59 Å². The molecule has 1 aliphatic carbocycles. The molecule has 164 valence electrons. The van der Waals surface area contributed by atoms with E-state index in [-0.39, 0.29) is 24.1 Å². The van der Waals surface area contributed by atoms with Gasteiger partial charge in [-0.15, -0.1) is 21.5 Å². The van der Waals surface area contributed by atoms with Crippen LogP contribution in [0.25, 0.3) is 0 Å². The van der Waals surface area contributed by atoms with Crippen LogP contribution >= 0.6 is 23.1 Å². The van der Waals surface area contributed by atoms with Gasteiger partial charge < -0.3 is 15.2 Å². The van der Waals surface area contributed by atoms with Crippen molar-refractivity contribution in [1.82, 2.24) is 20.1 Å². The Morgan fingerprint density at radius 2 is 2.00 bits per heavy atom. The van der Waals surface area contributed by atoms with Crippen LogP contribution in [0, 0.1) is 11.3 Å². The molecule has 2 aromatic heterocycles. The summed E-state index contributed by atoms with van der Waals surface area (Å²) in [6.07, 6.45) is 4.09. The molecule has 1 aliphatic rings. The minimum absolute atomic E-state index is 0.149. The second-order valence-corrected chi connectivity index (χ2v) is 9.42. The summed E-state index contributed by atoms with van der Waals surface area (Å²) < 4.78 is 1.76. The molecule has 2 N–H and O–H groups in total. The number of nitrogens with zero attached hydrogens (tertiary/aromatic N) is 4. The van der Waals surface area contributed by atoms with E-state index in [1.807, 2.05) is 18.2 Å². The quantitative estimate of drug-likeness (QED) is 0.517. The molecule has 10 heteroatoms. The van der Waals surface area contributed by atoms with Crippen LogP contribution in [0.1, 0.15) is 45.0 Å². The van der Waals surface area contributed by atoms with Gasteiger partial charge in [-0.2, -0.15) is 5.26 Å². The molecular weight excluding hydrogens is 444 g/mol. The van der Waals surface area contributed by atoms with Gasteiger partial charge in [0.1, 0.15) is 11.1 Å². The molecule has 32 heavy (non-hydrogen) atoms. The number of hydrogen-bond donors (Lipinski definition) is 2. The molecule has 2 amide bonds. The first kappa shape index (κ1) is 22.0. The number of benzene rings is 1. The van der Waals surface area contributed by atoms with E-state index in [0.29, 0.717) is 27.1 Å². The zero-order valence-electron chi connectivity index (χ0n) is 17.6. The number of carbonyl (C=O) groups excluding carboxylic acids is 2. The highest BCUT2D eigenvalue weighted by Gasteiger charge is 2.22. The van der Waals surface area contributed by atoms with Crippen molar-refractivity contribution in [2.45, 2.75) is 37.4 Å². The standard InChI is InChI=1S/C22H22N6O2S2/c1-28-18(12-24-20(30)14-7-3-2-4-8-14)26-27-22(28)31-13-19(29)25-21-16(11-23)15-9-5-6-10-17(15)32-21/h2-4,7-8H,5-6,9-10,12-13H2,1H3,(H,24,30)(H,25,29). The molecule has 0 saturated heterocycles. The highest BCUT2D eigenvalue weighted by atomic mass is 32.2. The molecule has 0 radical (unpaired) electrons. The summed E-state index contributed by atoms with van der Waals surface area (Å²) in [5.41, 5.74) is 2.29. The fraction of sp³-hybridized carbons (Fsp3) is 0.318. The van der Waals surface area contributed by atoms with E-state index in [0.717, 1.165) is 31.2 Å². The third-order valence-electron chi connectivity index (χ3n) is 5.24. The fourth-order valence-corrected chi connectivity index (χ4v) is 5.53. The summed E-state index contributed by atoms with van der Waals surface area (Å²) in [6.45, 7) is 0.232. The number of nitriles is 1. The Balaban J connectivity index is 1.32. The molecule has 1 aromatic carbocycles. The largest absolute Gasteiger partial charge is 0.345 e. The Labute approximate surface area is 194 Å². The Bertz CT molecular complexity index is 1180. The van der Waals surface area contributed by atoms with Crippen LogP contribution in [-0.2, 0) is 31.2 Å². The molecule has 0 saturated carbocycles. The monoisotopic (exact) mass is 466 g/mol. The zero-order valence-corrected chi connectivity index (χ0v) is 19.2. The number of aromatic nitrogens is 3. The van der Waals surface area contributed by atoms with Crippen LogP contribution in [0.4, 0.5) is 5.00 Å². The van der Waals surface area contributed by atoms with Crippen molar-refractivity contribution in [3.63, 3.8) is 0 Å². The second kappa shape index (κ2) is 9.97.